The molecule has 1 aliphatic rings. The average molecular weight is 565 g/mol. The third kappa shape index (κ3) is 9.39. The van der Waals surface area contributed by atoms with Crippen LogP contribution in [0.1, 0.15) is 75.4 Å². The Morgan fingerprint density at radius 1 is 1.00 bits per heavy atom. The minimum absolute atomic E-state index is 0.179. The van der Waals surface area contributed by atoms with Gasteiger partial charge in [-0.2, -0.15) is 0 Å². The fourth-order valence-corrected chi connectivity index (χ4v) is 4.36. The van der Waals surface area contributed by atoms with Crippen LogP contribution in [0.3, 0.4) is 0 Å². The molecule has 0 radical (unpaired) electrons. The lowest BCUT2D eigenvalue weighted by atomic mass is 9.96. The molecule has 4 rings (SSSR count). The number of rotatable bonds is 11. The molecule has 1 unspecified atom stereocenters. The molecule has 2 aromatic carbocycles. The van der Waals surface area contributed by atoms with E-state index in [4.69, 9.17) is 9.47 Å². The van der Waals surface area contributed by atoms with Crippen LogP contribution in [-0.4, -0.2) is 46.1 Å². The van der Waals surface area contributed by atoms with Crippen molar-refractivity contribution in [3.63, 3.8) is 0 Å². The number of ether oxygens (including phenoxy) is 2. The van der Waals surface area contributed by atoms with E-state index in [1.165, 1.54) is 32.4 Å². The molecule has 1 N–H and O–H groups in total. The Hall–Kier alpha value is -3.78. The zero-order valence-corrected chi connectivity index (χ0v) is 24.8. The van der Waals surface area contributed by atoms with Crippen LogP contribution < -0.4 is 9.47 Å². The second-order valence-electron chi connectivity index (χ2n) is 11.0. The Morgan fingerprint density at radius 2 is 1.68 bits per heavy atom. The van der Waals surface area contributed by atoms with Crippen LogP contribution in [0.2, 0.25) is 0 Å². The first kappa shape index (κ1) is 31.7. The van der Waals surface area contributed by atoms with Gasteiger partial charge in [0.15, 0.2) is 0 Å². The fourth-order valence-electron chi connectivity index (χ4n) is 4.36. The molecule has 8 heteroatoms. The predicted molar refractivity (Wildman–Crippen MR) is 158 cm³/mol. The molecule has 0 saturated heterocycles. The Labute approximate surface area is 242 Å². The lowest BCUT2D eigenvalue weighted by Gasteiger charge is -2.31. The molecule has 0 bridgehead atoms. The van der Waals surface area contributed by atoms with Gasteiger partial charge in [-0.25, -0.2) is 14.2 Å². The van der Waals surface area contributed by atoms with Crippen LogP contribution >= 0.6 is 0 Å². The number of nitrogens with zero attached hydrogens (tertiary/aromatic N) is 2. The quantitative estimate of drug-likeness (QED) is 0.195. The lowest BCUT2D eigenvalue weighted by molar-refractivity contribution is -0.141. The maximum atomic E-state index is 15.4. The Kier molecular flexibility index (Phi) is 11.4. The van der Waals surface area contributed by atoms with Gasteiger partial charge in [-0.3, -0.25) is 9.69 Å². The number of methoxy groups -OCH3 is 1. The highest BCUT2D eigenvalue weighted by Gasteiger charge is 2.23. The van der Waals surface area contributed by atoms with E-state index in [9.17, 15) is 14.7 Å². The third-order valence-corrected chi connectivity index (χ3v) is 6.77. The minimum Gasteiger partial charge on any atom is -0.481 e. The van der Waals surface area contributed by atoms with E-state index >= 15 is 4.39 Å². The number of aliphatic carboxylic acids is 1. The van der Waals surface area contributed by atoms with Crippen molar-refractivity contribution in [1.29, 1.82) is 0 Å². The van der Waals surface area contributed by atoms with Gasteiger partial charge in [0.1, 0.15) is 11.6 Å². The fraction of sp³-hybridized carbons (Fsp3) is 0.424. The highest BCUT2D eigenvalue weighted by molar-refractivity contribution is 5.92. The van der Waals surface area contributed by atoms with E-state index in [0.717, 1.165) is 11.1 Å². The van der Waals surface area contributed by atoms with Gasteiger partial charge < -0.3 is 14.6 Å². The second-order valence-corrected chi connectivity index (χ2v) is 11.0. The van der Waals surface area contributed by atoms with E-state index < -0.39 is 23.7 Å². The molecule has 1 saturated carbocycles. The largest absolute Gasteiger partial charge is 0.481 e. The smallest absolute Gasteiger partial charge is 0.346 e. The zero-order valence-electron chi connectivity index (χ0n) is 24.8. The summed E-state index contributed by atoms with van der Waals surface area (Å²) in [6.45, 7) is 10.4. The van der Waals surface area contributed by atoms with Crippen LogP contribution in [0.25, 0.3) is 11.1 Å². The van der Waals surface area contributed by atoms with Crippen LogP contribution in [0.4, 0.5) is 4.39 Å². The van der Waals surface area contributed by atoms with Gasteiger partial charge in [-0.05, 0) is 86.7 Å². The van der Waals surface area contributed by atoms with Crippen LogP contribution in [-0.2, 0) is 17.8 Å². The minimum atomic E-state index is -0.911. The van der Waals surface area contributed by atoms with Crippen LogP contribution in [0.5, 0.6) is 11.6 Å². The first-order chi connectivity index (χ1) is 19.5. The summed E-state index contributed by atoms with van der Waals surface area (Å²) in [4.78, 5) is 30.7. The summed E-state index contributed by atoms with van der Waals surface area (Å²) in [7, 11) is 1.52. The average Bonchev–Trinajstić information content (AvgIpc) is 3.81. The molecule has 0 spiro atoms. The highest BCUT2D eigenvalue weighted by Crippen LogP contribution is 2.31. The summed E-state index contributed by atoms with van der Waals surface area (Å²) < 4.78 is 26.2. The molecule has 1 aliphatic carbocycles. The van der Waals surface area contributed by atoms with Crippen LogP contribution in [0, 0.1) is 11.7 Å². The number of carbonyl (C=O) groups is 2. The first-order valence-electron chi connectivity index (χ1n) is 14.1. The SMILES string of the molecule is C1CC1.COc1cc(-c2cc(F)c(C(=O)Oc3cccc(CC(C)C(=O)O)c3)cc2CN(C(C)C)C(C)C)ccn1. The number of hydrogen-bond donors (Lipinski definition) is 1. The number of aromatic nitrogens is 1. The maximum Gasteiger partial charge on any atom is 0.346 e. The topological polar surface area (TPSA) is 89.0 Å². The van der Waals surface area contributed by atoms with Gasteiger partial charge in [0.25, 0.3) is 0 Å². The van der Waals surface area contributed by atoms with E-state index in [1.54, 1.807) is 55.6 Å². The van der Waals surface area contributed by atoms with E-state index in [2.05, 4.69) is 37.6 Å². The van der Waals surface area contributed by atoms with Gasteiger partial charge in [-0.1, -0.05) is 38.3 Å². The lowest BCUT2D eigenvalue weighted by Crippen LogP contribution is -2.36. The van der Waals surface area contributed by atoms with Gasteiger partial charge in [0.05, 0.1) is 18.6 Å². The predicted octanol–water partition coefficient (Wildman–Crippen LogP) is 7.17. The standard InChI is InChI=1S/C30H35FN2O5.C3H6/c1-18(2)33(19(3)4)17-23-14-26(27(31)16-25(23)22-10-11-32-28(15-22)37-6)30(36)38-24-9-7-8-21(13-24)12-20(5)29(34)35;1-2-3-1/h7-11,13-16,18-20H,12,17H2,1-6H3,(H,34,35);1-3H2. The number of benzene rings is 2. The van der Waals surface area contributed by atoms with Crippen molar-refractivity contribution in [2.75, 3.05) is 7.11 Å². The number of carbonyl (C=O) groups excluding carboxylic acids is 1. The molecule has 1 atom stereocenters. The Morgan fingerprint density at radius 3 is 2.27 bits per heavy atom. The number of carboxylic acids is 1. The summed E-state index contributed by atoms with van der Waals surface area (Å²) in [6, 6.07) is 13.5. The number of carboxylic acid groups (broad SMARTS) is 1. The normalized spacial score (nSPS) is 13.0. The number of hydrogen-bond acceptors (Lipinski definition) is 6. The number of halogens is 1. The van der Waals surface area contributed by atoms with Crippen LogP contribution in [0.15, 0.2) is 54.7 Å². The molecule has 0 aliphatic heterocycles. The van der Waals surface area contributed by atoms with E-state index in [1.807, 2.05) is 0 Å². The Balaban J connectivity index is 0.00000144. The molecule has 1 fully saturated rings. The van der Waals surface area contributed by atoms with Crippen molar-refractivity contribution in [3.05, 3.63) is 77.2 Å². The monoisotopic (exact) mass is 564 g/mol. The zero-order chi connectivity index (χ0) is 30.1. The summed E-state index contributed by atoms with van der Waals surface area (Å²) in [5.74, 6) is -2.41. The Bertz CT molecular complexity index is 1330. The molecule has 41 heavy (non-hydrogen) atoms. The van der Waals surface area contributed by atoms with Crippen molar-refractivity contribution in [2.45, 2.75) is 78.9 Å². The van der Waals surface area contributed by atoms with Gasteiger partial charge in [-0.15, -0.1) is 0 Å². The van der Waals surface area contributed by atoms with Crippen molar-refractivity contribution in [3.8, 4) is 22.8 Å². The second kappa shape index (κ2) is 14.7. The van der Waals surface area contributed by atoms with Crippen molar-refractivity contribution in [2.24, 2.45) is 5.92 Å². The van der Waals surface area contributed by atoms with E-state index in [-0.39, 0.29) is 29.8 Å². The van der Waals surface area contributed by atoms with Gasteiger partial charge in [0.2, 0.25) is 5.88 Å². The van der Waals surface area contributed by atoms with Crippen molar-refractivity contribution in [1.82, 2.24) is 9.88 Å². The molecule has 3 aromatic rings. The molecular formula is C33H41FN2O5. The van der Waals surface area contributed by atoms with Gasteiger partial charge in [0, 0.05) is 30.9 Å². The first-order valence-corrected chi connectivity index (χ1v) is 14.1. The molecule has 1 aromatic heterocycles. The molecule has 1 heterocycles. The number of esters is 1. The molecule has 220 valence electrons. The highest BCUT2D eigenvalue weighted by atomic mass is 19.1. The molecule has 0 amide bonds. The van der Waals surface area contributed by atoms with Crippen molar-refractivity contribution >= 4 is 11.9 Å². The summed E-state index contributed by atoms with van der Waals surface area (Å²) in [5.41, 5.74) is 2.64. The van der Waals surface area contributed by atoms with Gasteiger partial charge >= 0.3 is 11.9 Å². The summed E-state index contributed by atoms with van der Waals surface area (Å²) >= 11 is 0. The molecular weight excluding hydrogens is 523 g/mol. The number of pyridine rings is 1. The summed E-state index contributed by atoms with van der Waals surface area (Å²) in [5, 5.41) is 9.19. The third-order valence-electron chi connectivity index (χ3n) is 6.77. The summed E-state index contributed by atoms with van der Waals surface area (Å²) in [6.07, 6.45) is 6.38. The van der Waals surface area contributed by atoms with Crippen molar-refractivity contribution < 1.29 is 28.6 Å². The maximum absolute atomic E-state index is 15.4. The van der Waals surface area contributed by atoms with E-state index in [0.29, 0.717) is 23.6 Å². The molecule has 7 nitrogen and oxygen atoms in total.